The van der Waals surface area contributed by atoms with E-state index in [1.165, 1.54) is 12.1 Å². The third kappa shape index (κ3) is 2.40. The minimum atomic E-state index is -0.903. The molecule has 0 fully saturated rings. The van der Waals surface area contributed by atoms with Crippen LogP contribution in [-0.2, 0) is 11.2 Å². The highest BCUT2D eigenvalue weighted by Gasteiger charge is 2.15. The number of hydrogen-bond donors (Lipinski definition) is 3. The molecule has 1 aromatic carbocycles. The summed E-state index contributed by atoms with van der Waals surface area (Å²) in [5.74, 6) is -1.47. The van der Waals surface area contributed by atoms with Crippen LogP contribution in [-0.4, -0.2) is 21.3 Å². The van der Waals surface area contributed by atoms with E-state index < -0.39 is 11.9 Å². The number of benzene rings is 1. The predicted molar refractivity (Wildman–Crippen MR) is 55.0 cm³/mol. The summed E-state index contributed by atoms with van der Waals surface area (Å²) < 4.78 is 0. The van der Waals surface area contributed by atoms with Crippen molar-refractivity contribution in [3.8, 4) is 11.5 Å². The van der Waals surface area contributed by atoms with Crippen molar-refractivity contribution in [2.75, 3.05) is 0 Å². The summed E-state index contributed by atoms with van der Waals surface area (Å²) >= 11 is 0. The van der Waals surface area contributed by atoms with Gasteiger partial charge in [-0.2, -0.15) is 0 Å². The zero-order valence-electron chi connectivity index (χ0n) is 8.69. The van der Waals surface area contributed by atoms with Gasteiger partial charge < -0.3 is 15.3 Å². The Bertz CT molecular complexity index is 384. The maximum absolute atomic E-state index is 10.6. The average molecular weight is 210 g/mol. The highest BCUT2D eigenvalue weighted by molar-refractivity contribution is 5.70. The summed E-state index contributed by atoms with van der Waals surface area (Å²) in [6.07, 6.45) is 0.252. The van der Waals surface area contributed by atoms with Crippen molar-refractivity contribution in [2.24, 2.45) is 5.92 Å². The van der Waals surface area contributed by atoms with Gasteiger partial charge in [-0.05, 0) is 25.0 Å². The van der Waals surface area contributed by atoms with Crippen molar-refractivity contribution in [3.05, 3.63) is 23.3 Å². The average Bonchev–Trinajstić information content (AvgIpc) is 2.18. The Morgan fingerprint density at radius 2 is 2.00 bits per heavy atom. The Morgan fingerprint density at radius 1 is 1.40 bits per heavy atom. The molecule has 1 aromatic rings. The largest absolute Gasteiger partial charge is 0.508 e. The molecule has 0 saturated heterocycles. The van der Waals surface area contributed by atoms with E-state index in [1.54, 1.807) is 13.8 Å². The summed E-state index contributed by atoms with van der Waals surface area (Å²) in [4.78, 5) is 10.6. The van der Waals surface area contributed by atoms with E-state index in [0.29, 0.717) is 11.1 Å². The lowest BCUT2D eigenvalue weighted by atomic mass is 9.98. The van der Waals surface area contributed by atoms with Gasteiger partial charge in [-0.1, -0.05) is 13.0 Å². The highest BCUT2D eigenvalue weighted by atomic mass is 16.4. The molecule has 3 N–H and O–H groups in total. The number of phenolic OH excluding ortho intramolecular Hbond substituents is 2. The van der Waals surface area contributed by atoms with E-state index in [9.17, 15) is 15.0 Å². The van der Waals surface area contributed by atoms with Crippen molar-refractivity contribution in [2.45, 2.75) is 20.3 Å². The first kappa shape index (κ1) is 11.4. The first-order valence-corrected chi connectivity index (χ1v) is 4.66. The van der Waals surface area contributed by atoms with E-state index in [-0.39, 0.29) is 17.9 Å². The normalized spacial score (nSPS) is 12.4. The van der Waals surface area contributed by atoms with Crippen molar-refractivity contribution < 1.29 is 20.1 Å². The lowest BCUT2D eigenvalue weighted by Gasteiger charge is -2.10. The van der Waals surface area contributed by atoms with Crippen LogP contribution in [0.15, 0.2) is 12.1 Å². The van der Waals surface area contributed by atoms with Gasteiger partial charge in [0.05, 0.1) is 5.92 Å². The van der Waals surface area contributed by atoms with Gasteiger partial charge in [-0.25, -0.2) is 0 Å². The minimum absolute atomic E-state index is 0.0132. The van der Waals surface area contributed by atoms with Crippen molar-refractivity contribution in [1.82, 2.24) is 0 Å². The summed E-state index contributed by atoms with van der Waals surface area (Å²) in [5, 5.41) is 27.7. The molecular weight excluding hydrogens is 196 g/mol. The van der Waals surface area contributed by atoms with Crippen LogP contribution in [0.3, 0.4) is 0 Å². The highest BCUT2D eigenvalue weighted by Crippen LogP contribution is 2.30. The zero-order valence-corrected chi connectivity index (χ0v) is 8.69. The third-order valence-corrected chi connectivity index (χ3v) is 2.43. The molecule has 0 aliphatic heterocycles. The number of aliphatic carboxylic acids is 1. The summed E-state index contributed by atoms with van der Waals surface area (Å²) in [5.41, 5.74) is 0.922. The van der Waals surface area contributed by atoms with Crippen LogP contribution < -0.4 is 0 Å². The zero-order chi connectivity index (χ0) is 11.6. The number of aromatic hydroxyl groups is 2. The number of phenols is 2. The number of rotatable bonds is 3. The van der Waals surface area contributed by atoms with E-state index >= 15 is 0 Å². The van der Waals surface area contributed by atoms with Crippen molar-refractivity contribution >= 4 is 5.97 Å². The predicted octanol–water partition coefficient (Wildman–Crippen LogP) is 1.67. The molecule has 0 radical (unpaired) electrons. The topological polar surface area (TPSA) is 77.8 Å². The molecule has 0 aliphatic carbocycles. The Morgan fingerprint density at radius 3 is 2.53 bits per heavy atom. The summed E-state index contributed by atoms with van der Waals surface area (Å²) in [7, 11) is 0. The number of carbonyl (C=O) groups is 1. The summed E-state index contributed by atoms with van der Waals surface area (Å²) in [6.45, 7) is 3.16. The van der Waals surface area contributed by atoms with E-state index in [1.807, 2.05) is 0 Å². The second-order valence-corrected chi connectivity index (χ2v) is 3.66. The maximum atomic E-state index is 10.6. The van der Waals surface area contributed by atoms with E-state index in [4.69, 9.17) is 5.11 Å². The van der Waals surface area contributed by atoms with Gasteiger partial charge in [0.15, 0.2) is 0 Å². The molecule has 0 spiro atoms. The van der Waals surface area contributed by atoms with Crippen LogP contribution in [0.25, 0.3) is 0 Å². The maximum Gasteiger partial charge on any atom is 0.306 e. The second-order valence-electron chi connectivity index (χ2n) is 3.66. The quantitative estimate of drug-likeness (QED) is 0.709. The molecule has 15 heavy (non-hydrogen) atoms. The molecule has 1 unspecified atom stereocenters. The Labute approximate surface area is 87.8 Å². The Hall–Kier alpha value is -1.71. The fraction of sp³-hybridized carbons (Fsp3) is 0.364. The van der Waals surface area contributed by atoms with Crippen LogP contribution in [0.2, 0.25) is 0 Å². The molecule has 1 atom stereocenters. The Kier molecular flexibility index (Phi) is 3.19. The summed E-state index contributed by atoms with van der Waals surface area (Å²) in [6, 6.07) is 3.00. The molecule has 4 heteroatoms. The van der Waals surface area contributed by atoms with E-state index in [0.717, 1.165) is 0 Å². The Balaban J connectivity index is 2.97. The second kappa shape index (κ2) is 4.21. The molecule has 0 saturated carbocycles. The van der Waals surface area contributed by atoms with Gasteiger partial charge in [-0.3, -0.25) is 4.79 Å². The molecule has 1 rings (SSSR count). The van der Waals surface area contributed by atoms with Crippen LogP contribution >= 0.6 is 0 Å². The van der Waals surface area contributed by atoms with Gasteiger partial charge in [0.25, 0.3) is 0 Å². The smallest absolute Gasteiger partial charge is 0.306 e. The number of carboxylic acids is 1. The van der Waals surface area contributed by atoms with Crippen molar-refractivity contribution in [3.63, 3.8) is 0 Å². The fourth-order valence-corrected chi connectivity index (χ4v) is 1.33. The number of hydrogen-bond acceptors (Lipinski definition) is 3. The van der Waals surface area contributed by atoms with Gasteiger partial charge in [0.2, 0.25) is 0 Å². The molecule has 0 aliphatic rings. The van der Waals surface area contributed by atoms with Gasteiger partial charge in [0.1, 0.15) is 11.5 Å². The van der Waals surface area contributed by atoms with Gasteiger partial charge >= 0.3 is 5.97 Å². The molecule has 82 valence electrons. The van der Waals surface area contributed by atoms with Crippen LogP contribution in [0.5, 0.6) is 11.5 Å². The first-order valence-electron chi connectivity index (χ1n) is 4.66. The molecular formula is C11H14O4. The SMILES string of the molecule is Cc1c(O)ccc(CC(C)C(=O)O)c1O. The standard InChI is InChI=1S/C11H14O4/c1-6(11(14)15)5-8-3-4-9(12)7(2)10(8)13/h3-4,6,12-13H,5H2,1-2H3,(H,14,15). The van der Waals surface area contributed by atoms with Crippen molar-refractivity contribution in [1.29, 1.82) is 0 Å². The first-order chi connectivity index (χ1) is 6.93. The molecule has 4 nitrogen and oxygen atoms in total. The van der Waals surface area contributed by atoms with Crippen LogP contribution in [0.1, 0.15) is 18.1 Å². The monoisotopic (exact) mass is 210 g/mol. The molecule has 0 bridgehead atoms. The third-order valence-electron chi connectivity index (χ3n) is 2.43. The van der Waals surface area contributed by atoms with Crippen LogP contribution in [0, 0.1) is 12.8 Å². The van der Waals surface area contributed by atoms with Gasteiger partial charge in [-0.15, -0.1) is 0 Å². The lowest BCUT2D eigenvalue weighted by Crippen LogP contribution is -2.12. The van der Waals surface area contributed by atoms with Crippen LogP contribution in [0.4, 0.5) is 0 Å². The molecule has 0 amide bonds. The number of carboxylic acid groups (broad SMARTS) is 1. The van der Waals surface area contributed by atoms with Gasteiger partial charge in [0, 0.05) is 5.56 Å². The molecule has 0 heterocycles. The van der Waals surface area contributed by atoms with E-state index in [2.05, 4.69) is 0 Å². The fourth-order valence-electron chi connectivity index (χ4n) is 1.33. The molecule has 0 aromatic heterocycles. The lowest BCUT2D eigenvalue weighted by molar-refractivity contribution is -0.141. The minimum Gasteiger partial charge on any atom is -0.508 e.